The Kier molecular flexibility index (Phi) is 4.53. The molecule has 0 spiro atoms. The van der Waals surface area contributed by atoms with E-state index in [9.17, 15) is 10.1 Å². The second kappa shape index (κ2) is 6.35. The van der Waals surface area contributed by atoms with E-state index >= 15 is 0 Å². The topological polar surface area (TPSA) is 81.0 Å². The molecule has 0 aliphatic heterocycles. The predicted molar refractivity (Wildman–Crippen MR) is 73.4 cm³/mol. The molecule has 0 saturated carbocycles. The molecule has 1 heterocycles. The van der Waals surface area contributed by atoms with Gasteiger partial charge in [-0.3, -0.25) is 10.1 Å². The van der Waals surface area contributed by atoms with Crippen LogP contribution in [0.2, 0.25) is 0 Å². The van der Waals surface area contributed by atoms with Gasteiger partial charge in [0.25, 0.3) is 5.69 Å². The number of nitrogens with zero attached hydrogens (tertiary/aromatic N) is 3. The van der Waals surface area contributed by atoms with Crippen LogP contribution in [-0.4, -0.2) is 15.1 Å². The number of nitro benzene ring substituents is 1. The van der Waals surface area contributed by atoms with E-state index in [2.05, 4.69) is 31.4 Å². The average Bonchev–Trinajstić information content (AvgIpc) is 2.41. The lowest BCUT2D eigenvalue weighted by atomic mass is 10.2. The Morgan fingerprint density at radius 2 is 2.16 bits per heavy atom. The first-order valence-corrected chi connectivity index (χ1v) is 6.36. The van der Waals surface area contributed by atoms with E-state index < -0.39 is 4.92 Å². The van der Waals surface area contributed by atoms with Crippen LogP contribution in [0.15, 0.2) is 41.0 Å². The van der Waals surface area contributed by atoms with Crippen molar-refractivity contribution in [2.75, 3.05) is 0 Å². The van der Waals surface area contributed by atoms with Crippen molar-refractivity contribution in [2.24, 2.45) is 0 Å². The first-order chi connectivity index (χ1) is 9.16. The lowest BCUT2D eigenvalue weighted by molar-refractivity contribution is -0.385. The zero-order chi connectivity index (χ0) is 13.7. The number of hydrogen-bond donors (Lipinski definition) is 1. The summed E-state index contributed by atoms with van der Waals surface area (Å²) in [7, 11) is 0. The molecule has 0 fully saturated rings. The van der Waals surface area contributed by atoms with Gasteiger partial charge in [0.15, 0.2) is 0 Å². The maximum atomic E-state index is 10.8. The molecule has 0 aliphatic rings. The van der Waals surface area contributed by atoms with Crippen molar-refractivity contribution in [3.05, 3.63) is 62.4 Å². The highest BCUT2D eigenvalue weighted by Crippen LogP contribution is 2.25. The van der Waals surface area contributed by atoms with Crippen LogP contribution >= 0.6 is 15.9 Å². The average molecular weight is 323 g/mol. The summed E-state index contributed by atoms with van der Waals surface area (Å²) in [6.45, 7) is 1.10. The Morgan fingerprint density at radius 3 is 2.84 bits per heavy atom. The number of nitro groups is 1. The minimum atomic E-state index is -0.406. The van der Waals surface area contributed by atoms with Crippen molar-refractivity contribution in [3.8, 4) is 0 Å². The monoisotopic (exact) mass is 322 g/mol. The van der Waals surface area contributed by atoms with Crippen molar-refractivity contribution < 1.29 is 4.92 Å². The van der Waals surface area contributed by atoms with Crippen molar-refractivity contribution >= 4 is 21.6 Å². The third-order valence-electron chi connectivity index (χ3n) is 2.47. The van der Waals surface area contributed by atoms with Gasteiger partial charge in [0.1, 0.15) is 0 Å². The molecule has 0 atom stereocenters. The highest BCUT2D eigenvalue weighted by molar-refractivity contribution is 9.10. The largest absolute Gasteiger partial charge is 0.307 e. The predicted octanol–water partition coefficient (Wildman–Crippen LogP) is 2.44. The first kappa shape index (κ1) is 13.6. The van der Waals surface area contributed by atoms with Crippen molar-refractivity contribution in [2.45, 2.75) is 13.1 Å². The maximum absolute atomic E-state index is 10.8. The fourth-order valence-corrected chi connectivity index (χ4v) is 1.96. The molecule has 7 heteroatoms. The second-order valence-electron chi connectivity index (χ2n) is 3.86. The smallest absolute Gasteiger partial charge is 0.283 e. The Morgan fingerprint density at radius 1 is 1.32 bits per heavy atom. The summed E-state index contributed by atoms with van der Waals surface area (Å²) in [6.07, 6.45) is 1.61. The van der Waals surface area contributed by atoms with E-state index in [0.29, 0.717) is 17.6 Å². The van der Waals surface area contributed by atoms with Gasteiger partial charge in [-0.05, 0) is 39.7 Å². The van der Waals surface area contributed by atoms with Gasteiger partial charge in [-0.1, -0.05) is 6.07 Å². The van der Waals surface area contributed by atoms with Gasteiger partial charge in [0, 0.05) is 25.4 Å². The SMILES string of the molecule is O=[N+]([O-])c1cc(CNCc2cccnn2)ccc1Br. The molecule has 6 nitrogen and oxygen atoms in total. The lowest BCUT2D eigenvalue weighted by Gasteiger charge is -2.04. The van der Waals surface area contributed by atoms with E-state index in [4.69, 9.17) is 0 Å². The van der Waals surface area contributed by atoms with E-state index in [1.807, 2.05) is 18.2 Å². The second-order valence-corrected chi connectivity index (χ2v) is 4.72. The van der Waals surface area contributed by atoms with Crippen LogP contribution in [0.4, 0.5) is 5.69 Å². The summed E-state index contributed by atoms with van der Waals surface area (Å²) >= 11 is 3.16. The van der Waals surface area contributed by atoms with Crippen molar-refractivity contribution in [1.82, 2.24) is 15.5 Å². The molecule has 0 amide bonds. The van der Waals surface area contributed by atoms with Crippen LogP contribution in [0.3, 0.4) is 0 Å². The summed E-state index contributed by atoms with van der Waals surface area (Å²) in [5.41, 5.74) is 1.74. The van der Waals surface area contributed by atoms with Crippen LogP contribution in [-0.2, 0) is 13.1 Å². The zero-order valence-corrected chi connectivity index (χ0v) is 11.5. The fourth-order valence-electron chi connectivity index (χ4n) is 1.57. The molecule has 0 radical (unpaired) electrons. The van der Waals surface area contributed by atoms with Gasteiger partial charge in [0.05, 0.1) is 15.1 Å². The van der Waals surface area contributed by atoms with Crippen LogP contribution < -0.4 is 5.32 Å². The molecule has 0 unspecified atom stereocenters. The Hall–Kier alpha value is -1.86. The van der Waals surface area contributed by atoms with Gasteiger partial charge in [0.2, 0.25) is 0 Å². The Labute approximate surface area is 118 Å². The molecule has 0 aliphatic carbocycles. The van der Waals surface area contributed by atoms with Crippen molar-refractivity contribution in [1.29, 1.82) is 0 Å². The van der Waals surface area contributed by atoms with Crippen LogP contribution in [0.25, 0.3) is 0 Å². The lowest BCUT2D eigenvalue weighted by Crippen LogP contribution is -2.14. The summed E-state index contributed by atoms with van der Waals surface area (Å²) in [6, 6.07) is 8.74. The summed E-state index contributed by atoms with van der Waals surface area (Å²) < 4.78 is 0.482. The molecular formula is C12H11BrN4O2. The Balaban J connectivity index is 1.97. The third-order valence-corrected chi connectivity index (χ3v) is 3.14. The molecule has 19 heavy (non-hydrogen) atoms. The number of benzene rings is 1. The number of hydrogen-bond acceptors (Lipinski definition) is 5. The quantitative estimate of drug-likeness (QED) is 0.675. The van der Waals surface area contributed by atoms with E-state index in [-0.39, 0.29) is 5.69 Å². The van der Waals surface area contributed by atoms with Crippen LogP contribution in [0.5, 0.6) is 0 Å². The number of nitrogens with one attached hydrogen (secondary N) is 1. The van der Waals surface area contributed by atoms with E-state index in [1.54, 1.807) is 18.3 Å². The minimum absolute atomic E-state index is 0.0683. The normalized spacial score (nSPS) is 10.4. The van der Waals surface area contributed by atoms with Gasteiger partial charge in [-0.2, -0.15) is 10.2 Å². The summed E-state index contributed by atoms with van der Waals surface area (Å²) in [4.78, 5) is 10.4. The van der Waals surface area contributed by atoms with Gasteiger partial charge >= 0.3 is 0 Å². The molecule has 0 saturated heterocycles. The maximum Gasteiger partial charge on any atom is 0.283 e. The molecule has 1 aromatic carbocycles. The summed E-state index contributed by atoms with van der Waals surface area (Å²) in [5.74, 6) is 0. The molecule has 0 bridgehead atoms. The Bertz CT molecular complexity index is 577. The third kappa shape index (κ3) is 3.80. The van der Waals surface area contributed by atoms with E-state index in [1.165, 1.54) is 0 Å². The first-order valence-electron chi connectivity index (χ1n) is 5.57. The van der Waals surface area contributed by atoms with Gasteiger partial charge in [-0.25, -0.2) is 0 Å². The highest BCUT2D eigenvalue weighted by Gasteiger charge is 2.11. The van der Waals surface area contributed by atoms with Crippen molar-refractivity contribution in [3.63, 3.8) is 0 Å². The van der Waals surface area contributed by atoms with Crippen LogP contribution in [0.1, 0.15) is 11.3 Å². The number of rotatable bonds is 5. The summed E-state index contributed by atoms with van der Waals surface area (Å²) in [5, 5.41) is 21.7. The molecule has 1 aromatic heterocycles. The minimum Gasteiger partial charge on any atom is -0.307 e. The van der Waals surface area contributed by atoms with Gasteiger partial charge in [-0.15, -0.1) is 0 Å². The highest BCUT2D eigenvalue weighted by atomic mass is 79.9. The molecule has 2 rings (SSSR count). The van der Waals surface area contributed by atoms with Crippen LogP contribution in [0, 0.1) is 10.1 Å². The number of halogens is 1. The zero-order valence-electron chi connectivity index (χ0n) is 9.91. The van der Waals surface area contributed by atoms with Gasteiger partial charge < -0.3 is 5.32 Å². The standard InChI is InChI=1S/C12H11BrN4O2/c13-11-4-3-9(6-12(11)17(18)19)7-14-8-10-2-1-5-15-16-10/h1-6,14H,7-8H2. The molecule has 1 N–H and O–H groups in total. The number of aromatic nitrogens is 2. The molecule has 98 valence electrons. The molecule has 2 aromatic rings. The molecular weight excluding hydrogens is 312 g/mol. The fraction of sp³-hybridized carbons (Fsp3) is 0.167. The van der Waals surface area contributed by atoms with E-state index in [0.717, 1.165) is 11.3 Å².